The van der Waals surface area contributed by atoms with Gasteiger partial charge >= 0.3 is 5.69 Å². The highest BCUT2D eigenvalue weighted by Gasteiger charge is 2.22. The first-order chi connectivity index (χ1) is 13.9. The summed E-state index contributed by atoms with van der Waals surface area (Å²) in [5.41, 5.74) is 7.75. The lowest BCUT2D eigenvalue weighted by molar-refractivity contribution is -0.386. The third-order valence-corrected chi connectivity index (χ3v) is 4.69. The molecule has 1 heterocycles. The fourth-order valence-corrected chi connectivity index (χ4v) is 3.14. The second-order valence-corrected chi connectivity index (χ2v) is 6.69. The van der Waals surface area contributed by atoms with Crippen molar-refractivity contribution in [2.45, 2.75) is 27.3 Å². The van der Waals surface area contributed by atoms with Gasteiger partial charge in [-0.2, -0.15) is 10.2 Å². The lowest BCUT2D eigenvalue weighted by Crippen LogP contribution is -2.06. The number of methoxy groups -OCH3 is 1. The number of hydrogen-bond donors (Lipinski definition) is 1. The number of para-hydroxylation sites is 1. The zero-order valence-electron chi connectivity index (χ0n) is 16.8. The van der Waals surface area contributed by atoms with Crippen molar-refractivity contribution < 1.29 is 9.66 Å². The van der Waals surface area contributed by atoms with Gasteiger partial charge in [0.2, 0.25) is 0 Å². The Bertz CT molecular complexity index is 1070. The number of rotatable bonds is 7. The Morgan fingerprint density at radius 2 is 2.00 bits per heavy atom. The van der Waals surface area contributed by atoms with Crippen molar-refractivity contribution in [1.82, 2.24) is 9.78 Å². The van der Waals surface area contributed by atoms with E-state index in [1.54, 1.807) is 31.9 Å². The molecule has 8 nitrogen and oxygen atoms in total. The second kappa shape index (κ2) is 8.55. The predicted octanol–water partition coefficient (Wildman–Crippen LogP) is 4.22. The lowest BCUT2D eigenvalue weighted by atomic mass is 10.1. The third-order valence-electron chi connectivity index (χ3n) is 4.69. The molecule has 0 spiro atoms. The molecule has 8 heteroatoms. The monoisotopic (exact) mass is 393 g/mol. The Balaban J connectivity index is 1.84. The van der Waals surface area contributed by atoms with Gasteiger partial charge in [-0.1, -0.05) is 18.2 Å². The number of nitro groups is 1. The molecule has 0 aliphatic rings. The molecule has 0 bridgehead atoms. The van der Waals surface area contributed by atoms with E-state index in [4.69, 9.17) is 4.74 Å². The molecule has 1 aromatic heterocycles. The molecule has 0 atom stereocenters. The van der Waals surface area contributed by atoms with Crippen molar-refractivity contribution in [2.24, 2.45) is 5.10 Å². The van der Waals surface area contributed by atoms with E-state index in [9.17, 15) is 10.1 Å². The normalized spacial score (nSPS) is 11.0. The molecule has 1 N–H and O–H groups in total. The summed E-state index contributed by atoms with van der Waals surface area (Å²) >= 11 is 0. The van der Waals surface area contributed by atoms with Crippen molar-refractivity contribution in [3.8, 4) is 5.75 Å². The Labute approximate surface area is 169 Å². The number of anilines is 1. The standard InChI is InChI=1S/C21H23N5O3/c1-14-7-5-6-8-19(14)23-22-12-17-9-10-20(29-4)18(11-17)13-25-16(3)21(26(27)28)15(2)24-25/h5-12,23H,13H2,1-4H3/b22-12+. The van der Waals surface area contributed by atoms with Crippen molar-refractivity contribution in [1.29, 1.82) is 0 Å². The van der Waals surface area contributed by atoms with E-state index < -0.39 is 4.92 Å². The number of aryl methyl sites for hydroxylation is 2. The van der Waals surface area contributed by atoms with Gasteiger partial charge in [0.25, 0.3) is 0 Å². The van der Waals surface area contributed by atoms with E-state index in [0.717, 1.165) is 22.4 Å². The van der Waals surface area contributed by atoms with Crippen LogP contribution in [0.3, 0.4) is 0 Å². The highest BCUT2D eigenvalue weighted by atomic mass is 16.6. The third kappa shape index (κ3) is 4.43. The van der Waals surface area contributed by atoms with E-state index in [0.29, 0.717) is 23.7 Å². The van der Waals surface area contributed by atoms with E-state index in [1.807, 2.05) is 49.4 Å². The van der Waals surface area contributed by atoms with Crippen LogP contribution in [0.1, 0.15) is 28.1 Å². The summed E-state index contributed by atoms with van der Waals surface area (Å²) < 4.78 is 7.07. The van der Waals surface area contributed by atoms with Gasteiger partial charge in [0.05, 0.1) is 30.5 Å². The predicted molar refractivity (Wildman–Crippen MR) is 113 cm³/mol. The number of hydrogen-bond acceptors (Lipinski definition) is 6. The quantitative estimate of drug-likeness (QED) is 0.368. The SMILES string of the molecule is COc1ccc(/C=N/Nc2ccccc2C)cc1Cn1nc(C)c([N+](=O)[O-])c1C. The van der Waals surface area contributed by atoms with E-state index in [2.05, 4.69) is 15.6 Å². The molecule has 0 unspecified atom stereocenters. The Kier molecular flexibility index (Phi) is 5.92. The van der Waals surface area contributed by atoms with Gasteiger partial charge in [-0.25, -0.2) is 0 Å². The smallest absolute Gasteiger partial charge is 0.312 e. The molecule has 0 radical (unpaired) electrons. The topological polar surface area (TPSA) is 94.6 Å². The maximum atomic E-state index is 11.2. The van der Waals surface area contributed by atoms with Crippen LogP contribution < -0.4 is 10.2 Å². The molecular weight excluding hydrogens is 370 g/mol. The zero-order valence-corrected chi connectivity index (χ0v) is 16.8. The van der Waals surface area contributed by atoms with Crippen LogP contribution in [-0.4, -0.2) is 28.0 Å². The first kappa shape index (κ1) is 20.1. The van der Waals surface area contributed by atoms with Crippen LogP contribution in [-0.2, 0) is 6.54 Å². The molecule has 0 aliphatic heterocycles. The second-order valence-electron chi connectivity index (χ2n) is 6.69. The fourth-order valence-electron chi connectivity index (χ4n) is 3.14. The van der Waals surface area contributed by atoms with Crippen molar-refractivity contribution >= 4 is 17.6 Å². The minimum Gasteiger partial charge on any atom is -0.496 e. The van der Waals surface area contributed by atoms with E-state index in [1.165, 1.54) is 0 Å². The molecule has 3 aromatic rings. The summed E-state index contributed by atoms with van der Waals surface area (Å²) in [4.78, 5) is 10.9. The van der Waals surface area contributed by atoms with Gasteiger partial charge in [0.15, 0.2) is 0 Å². The molecule has 29 heavy (non-hydrogen) atoms. The largest absolute Gasteiger partial charge is 0.496 e. The number of benzene rings is 2. The molecule has 2 aromatic carbocycles. The molecule has 0 amide bonds. The molecule has 0 aliphatic carbocycles. The summed E-state index contributed by atoms with van der Waals surface area (Å²) in [6.45, 7) is 5.70. The van der Waals surface area contributed by atoms with Crippen LogP contribution in [0.5, 0.6) is 5.75 Å². The molecule has 0 fully saturated rings. The number of nitrogens with zero attached hydrogens (tertiary/aromatic N) is 4. The summed E-state index contributed by atoms with van der Waals surface area (Å²) in [5, 5.41) is 19.9. The minimum atomic E-state index is -0.397. The molecule has 150 valence electrons. The Morgan fingerprint density at radius 1 is 1.24 bits per heavy atom. The lowest BCUT2D eigenvalue weighted by Gasteiger charge is -2.11. The van der Waals surface area contributed by atoms with Crippen LogP contribution in [0.15, 0.2) is 47.6 Å². The van der Waals surface area contributed by atoms with Crippen LogP contribution in [0, 0.1) is 30.9 Å². The molecule has 3 rings (SSSR count). The van der Waals surface area contributed by atoms with Crippen molar-refractivity contribution in [3.63, 3.8) is 0 Å². The average Bonchev–Trinajstić information content (AvgIpc) is 2.97. The Morgan fingerprint density at radius 3 is 2.66 bits per heavy atom. The number of ether oxygens (including phenoxy) is 1. The maximum absolute atomic E-state index is 11.2. The number of aromatic nitrogens is 2. The van der Waals surface area contributed by atoms with Gasteiger partial charge in [-0.05, 0) is 56.2 Å². The van der Waals surface area contributed by atoms with Crippen molar-refractivity contribution in [2.75, 3.05) is 12.5 Å². The summed E-state index contributed by atoms with van der Waals surface area (Å²) in [6.07, 6.45) is 1.72. The average molecular weight is 393 g/mol. The molecule has 0 saturated heterocycles. The number of nitrogens with one attached hydrogen (secondary N) is 1. The van der Waals surface area contributed by atoms with Gasteiger partial charge in [-0.3, -0.25) is 20.2 Å². The summed E-state index contributed by atoms with van der Waals surface area (Å²) in [6, 6.07) is 13.6. The fraction of sp³-hybridized carbons (Fsp3) is 0.238. The first-order valence-corrected chi connectivity index (χ1v) is 9.10. The van der Waals surface area contributed by atoms with Crippen LogP contribution in [0.4, 0.5) is 11.4 Å². The van der Waals surface area contributed by atoms with Gasteiger partial charge in [-0.15, -0.1) is 0 Å². The van der Waals surface area contributed by atoms with Gasteiger partial charge < -0.3 is 4.74 Å². The molecular formula is C21H23N5O3. The zero-order chi connectivity index (χ0) is 21.0. The van der Waals surface area contributed by atoms with Crippen molar-refractivity contribution in [3.05, 3.63) is 80.7 Å². The van der Waals surface area contributed by atoms with Gasteiger partial charge in [0.1, 0.15) is 17.1 Å². The van der Waals surface area contributed by atoms with Gasteiger partial charge in [0, 0.05) is 5.56 Å². The highest BCUT2D eigenvalue weighted by Crippen LogP contribution is 2.25. The highest BCUT2D eigenvalue weighted by molar-refractivity contribution is 5.81. The Hall–Kier alpha value is -3.68. The minimum absolute atomic E-state index is 0.0455. The number of hydrazone groups is 1. The maximum Gasteiger partial charge on any atom is 0.312 e. The molecule has 0 saturated carbocycles. The van der Waals surface area contributed by atoms with Crippen LogP contribution >= 0.6 is 0 Å². The van der Waals surface area contributed by atoms with Crippen LogP contribution in [0.25, 0.3) is 0 Å². The summed E-state index contributed by atoms with van der Waals surface area (Å²) in [7, 11) is 1.59. The van der Waals surface area contributed by atoms with Crippen LogP contribution in [0.2, 0.25) is 0 Å². The first-order valence-electron chi connectivity index (χ1n) is 9.10. The van der Waals surface area contributed by atoms with E-state index in [-0.39, 0.29) is 5.69 Å². The summed E-state index contributed by atoms with van der Waals surface area (Å²) in [5.74, 6) is 0.684. The van der Waals surface area contributed by atoms with E-state index >= 15 is 0 Å².